The standard InChI is InChI=1S/C20H39N3O2.2ClH/c1-6-15(7-2)16(23-11-9-10-12-23)14-22-18(24)20(21)13-17(25-8-3)19(20,4)5;;/h15-17H,6-14,21H2,1-5H3,(H,22,24);2*1H. The van der Waals surface area contributed by atoms with Gasteiger partial charge in [0.1, 0.15) is 5.54 Å². The van der Waals surface area contributed by atoms with Crippen molar-refractivity contribution in [3.8, 4) is 0 Å². The SMILES string of the molecule is CCOC1CC(N)(C(=O)NCC(C(CC)CC)N2CCCC2)C1(C)C.Cl.Cl. The first-order valence-corrected chi connectivity index (χ1v) is 10.2. The number of ether oxygens (including phenoxy) is 1. The Labute approximate surface area is 178 Å². The summed E-state index contributed by atoms with van der Waals surface area (Å²) >= 11 is 0. The first-order valence-electron chi connectivity index (χ1n) is 10.2. The van der Waals surface area contributed by atoms with Crippen molar-refractivity contribution in [2.75, 3.05) is 26.2 Å². The van der Waals surface area contributed by atoms with Gasteiger partial charge >= 0.3 is 0 Å². The van der Waals surface area contributed by atoms with Gasteiger partial charge < -0.3 is 15.8 Å². The Balaban J connectivity index is 0.00000338. The van der Waals surface area contributed by atoms with Crippen LogP contribution in [0, 0.1) is 11.3 Å². The van der Waals surface area contributed by atoms with E-state index in [1.807, 2.05) is 6.92 Å². The number of nitrogens with two attached hydrogens (primary N) is 1. The lowest BCUT2D eigenvalue weighted by atomic mass is 9.54. The molecule has 2 aliphatic rings. The summed E-state index contributed by atoms with van der Waals surface area (Å²) in [4.78, 5) is 15.5. The molecule has 1 saturated carbocycles. The van der Waals surface area contributed by atoms with E-state index in [1.165, 1.54) is 12.8 Å². The van der Waals surface area contributed by atoms with E-state index in [9.17, 15) is 4.79 Å². The molecule has 162 valence electrons. The van der Waals surface area contributed by atoms with E-state index < -0.39 is 5.54 Å². The van der Waals surface area contributed by atoms with E-state index in [1.54, 1.807) is 0 Å². The monoisotopic (exact) mass is 425 g/mol. The van der Waals surface area contributed by atoms with Crippen molar-refractivity contribution in [2.24, 2.45) is 17.1 Å². The van der Waals surface area contributed by atoms with Gasteiger partial charge in [0, 0.05) is 31.0 Å². The lowest BCUT2D eigenvalue weighted by Gasteiger charge is -2.57. The molecule has 27 heavy (non-hydrogen) atoms. The highest BCUT2D eigenvalue weighted by atomic mass is 35.5. The average Bonchev–Trinajstić information content (AvgIpc) is 3.12. The molecule has 3 unspecified atom stereocenters. The number of rotatable bonds is 9. The summed E-state index contributed by atoms with van der Waals surface area (Å²) in [5.74, 6) is 0.612. The molecule has 2 fully saturated rings. The number of amides is 1. The first kappa shape index (κ1) is 26.9. The Kier molecular flexibility index (Phi) is 11.2. The number of nitrogens with one attached hydrogen (secondary N) is 1. The zero-order valence-corrected chi connectivity index (χ0v) is 19.4. The highest BCUT2D eigenvalue weighted by Crippen LogP contribution is 2.49. The summed E-state index contributed by atoms with van der Waals surface area (Å²) in [5, 5.41) is 3.21. The molecule has 0 aromatic rings. The van der Waals surface area contributed by atoms with Crippen molar-refractivity contribution >= 4 is 30.7 Å². The third kappa shape index (κ3) is 5.30. The number of nitrogens with zero attached hydrogens (tertiary/aromatic N) is 1. The fourth-order valence-electron chi connectivity index (χ4n) is 4.68. The lowest BCUT2D eigenvalue weighted by Crippen LogP contribution is -2.76. The predicted octanol–water partition coefficient (Wildman–Crippen LogP) is 3.38. The molecule has 0 bridgehead atoms. The molecule has 2 rings (SSSR count). The van der Waals surface area contributed by atoms with Crippen LogP contribution in [-0.4, -0.2) is 54.7 Å². The molecule has 1 heterocycles. The smallest absolute Gasteiger partial charge is 0.240 e. The summed E-state index contributed by atoms with van der Waals surface area (Å²) in [7, 11) is 0. The van der Waals surface area contributed by atoms with Crippen molar-refractivity contribution in [1.82, 2.24) is 10.2 Å². The third-order valence-electron chi connectivity index (χ3n) is 6.91. The molecule has 1 aliphatic heterocycles. The fraction of sp³-hybridized carbons (Fsp3) is 0.950. The van der Waals surface area contributed by atoms with E-state index in [0.29, 0.717) is 31.5 Å². The highest BCUT2D eigenvalue weighted by Gasteiger charge is 2.62. The van der Waals surface area contributed by atoms with Gasteiger partial charge in [0.2, 0.25) is 5.91 Å². The van der Waals surface area contributed by atoms with Crippen molar-refractivity contribution in [2.45, 2.75) is 84.4 Å². The van der Waals surface area contributed by atoms with Crippen LogP contribution < -0.4 is 11.1 Å². The maximum Gasteiger partial charge on any atom is 0.240 e. The van der Waals surface area contributed by atoms with Crippen LogP contribution in [0.4, 0.5) is 0 Å². The average molecular weight is 426 g/mol. The number of hydrogen-bond donors (Lipinski definition) is 2. The maximum atomic E-state index is 12.9. The van der Waals surface area contributed by atoms with Crippen LogP contribution in [0.2, 0.25) is 0 Å². The number of hydrogen-bond acceptors (Lipinski definition) is 4. The molecule has 7 heteroatoms. The van der Waals surface area contributed by atoms with Gasteiger partial charge in [0.25, 0.3) is 0 Å². The van der Waals surface area contributed by atoms with Crippen molar-refractivity contribution in [3.05, 3.63) is 0 Å². The topological polar surface area (TPSA) is 67.6 Å². The van der Waals surface area contributed by atoms with Gasteiger partial charge in [-0.2, -0.15) is 0 Å². The second kappa shape index (κ2) is 11.2. The second-order valence-electron chi connectivity index (χ2n) is 8.44. The van der Waals surface area contributed by atoms with Crippen LogP contribution in [0.25, 0.3) is 0 Å². The largest absolute Gasteiger partial charge is 0.378 e. The molecule has 0 aromatic heterocycles. The molecule has 1 saturated heterocycles. The van der Waals surface area contributed by atoms with Crippen LogP contribution in [0.15, 0.2) is 0 Å². The van der Waals surface area contributed by atoms with Crippen LogP contribution in [0.5, 0.6) is 0 Å². The molecule has 3 N–H and O–H groups in total. The van der Waals surface area contributed by atoms with Gasteiger partial charge in [-0.15, -0.1) is 24.8 Å². The molecule has 1 aliphatic carbocycles. The fourth-order valence-corrected chi connectivity index (χ4v) is 4.68. The van der Waals surface area contributed by atoms with Gasteiger partial charge in [-0.05, 0) is 38.8 Å². The number of likely N-dealkylation sites (tertiary alicyclic amines) is 1. The van der Waals surface area contributed by atoms with Gasteiger partial charge in [-0.3, -0.25) is 9.69 Å². The first-order chi connectivity index (χ1) is 11.8. The molecule has 0 spiro atoms. The van der Waals surface area contributed by atoms with Crippen molar-refractivity contribution in [1.29, 1.82) is 0 Å². The Hall–Kier alpha value is -0.0700. The van der Waals surface area contributed by atoms with E-state index in [-0.39, 0.29) is 42.2 Å². The van der Waals surface area contributed by atoms with Gasteiger partial charge in [0.15, 0.2) is 0 Å². The summed E-state index contributed by atoms with van der Waals surface area (Å²) in [6.45, 7) is 14.3. The van der Waals surface area contributed by atoms with Crippen LogP contribution in [0.1, 0.15) is 66.7 Å². The number of halogens is 2. The molecule has 3 atom stereocenters. The summed E-state index contributed by atoms with van der Waals surface area (Å²) in [6, 6.07) is 0.427. The van der Waals surface area contributed by atoms with Gasteiger partial charge in [-0.25, -0.2) is 0 Å². The Morgan fingerprint density at radius 3 is 2.19 bits per heavy atom. The molecule has 5 nitrogen and oxygen atoms in total. The zero-order valence-electron chi connectivity index (χ0n) is 17.8. The van der Waals surface area contributed by atoms with Gasteiger partial charge in [-0.1, -0.05) is 40.5 Å². The summed E-state index contributed by atoms with van der Waals surface area (Å²) < 4.78 is 5.75. The van der Waals surface area contributed by atoms with Crippen molar-refractivity contribution in [3.63, 3.8) is 0 Å². The minimum Gasteiger partial charge on any atom is -0.378 e. The predicted molar refractivity (Wildman–Crippen MR) is 117 cm³/mol. The quantitative estimate of drug-likeness (QED) is 0.593. The van der Waals surface area contributed by atoms with E-state index in [4.69, 9.17) is 10.5 Å². The molecule has 1 amide bonds. The minimum absolute atomic E-state index is 0. The Morgan fingerprint density at radius 2 is 1.74 bits per heavy atom. The Morgan fingerprint density at radius 1 is 1.19 bits per heavy atom. The zero-order chi connectivity index (χ0) is 18.7. The van der Waals surface area contributed by atoms with Crippen LogP contribution in [-0.2, 0) is 9.53 Å². The molecule has 0 aromatic carbocycles. The normalized spacial score (nSPS) is 28.0. The number of carbonyl (C=O) groups excluding carboxylic acids is 1. The van der Waals surface area contributed by atoms with Crippen LogP contribution in [0.3, 0.4) is 0 Å². The van der Waals surface area contributed by atoms with Crippen LogP contribution >= 0.6 is 24.8 Å². The second-order valence-corrected chi connectivity index (χ2v) is 8.44. The van der Waals surface area contributed by atoms with E-state index >= 15 is 0 Å². The molecular weight excluding hydrogens is 385 g/mol. The van der Waals surface area contributed by atoms with Crippen molar-refractivity contribution < 1.29 is 9.53 Å². The minimum atomic E-state index is -0.823. The Bertz CT molecular complexity index is 453. The molecular formula is C20H41Cl2N3O2. The van der Waals surface area contributed by atoms with E-state index in [2.05, 4.69) is 37.9 Å². The summed E-state index contributed by atoms with van der Waals surface area (Å²) in [5.41, 5.74) is 5.37. The van der Waals surface area contributed by atoms with E-state index in [0.717, 1.165) is 25.9 Å². The third-order valence-corrected chi connectivity index (χ3v) is 6.91. The lowest BCUT2D eigenvalue weighted by molar-refractivity contribution is -0.170. The summed E-state index contributed by atoms with van der Waals surface area (Å²) in [6.07, 6.45) is 5.53. The highest BCUT2D eigenvalue weighted by molar-refractivity contribution is 5.88. The van der Waals surface area contributed by atoms with Gasteiger partial charge in [0.05, 0.1) is 6.10 Å². The maximum absolute atomic E-state index is 12.9. The number of carbonyl (C=O) groups is 1. The molecule has 0 radical (unpaired) electrons.